The van der Waals surface area contributed by atoms with Gasteiger partial charge in [-0.2, -0.15) is 5.26 Å². The van der Waals surface area contributed by atoms with Crippen molar-refractivity contribution in [2.24, 2.45) is 0 Å². The third-order valence-corrected chi connectivity index (χ3v) is 4.92. The largest absolute Gasteiger partial charge is 0.307 e. The van der Waals surface area contributed by atoms with Crippen LogP contribution in [0, 0.1) is 11.5 Å². The number of nitrogens with zero attached hydrogens (tertiary/aromatic N) is 5. The maximum atomic E-state index is 13.0. The first-order valence-electron chi connectivity index (χ1n) is 8.48. The topological polar surface area (TPSA) is 63.5 Å². The summed E-state index contributed by atoms with van der Waals surface area (Å²) in [5.41, 5.74) is 2.15. The first kappa shape index (κ1) is 15.6. The predicted octanol–water partition coefficient (Wildman–Crippen LogP) is 1.56. The average Bonchev–Trinajstić information content (AvgIpc) is 2.69. The number of nitriles is 1. The van der Waals surface area contributed by atoms with Gasteiger partial charge in [0.25, 0.3) is 0 Å². The Hall–Kier alpha value is -2.91. The molecule has 6 heteroatoms. The molecule has 6 nitrogen and oxygen atoms in total. The Morgan fingerprint density at radius 2 is 1.84 bits per heavy atom. The average molecular weight is 333 g/mol. The second-order valence-electron chi connectivity index (χ2n) is 6.36. The van der Waals surface area contributed by atoms with Gasteiger partial charge >= 0.3 is 0 Å². The number of hydrogen-bond acceptors (Lipinski definition) is 5. The summed E-state index contributed by atoms with van der Waals surface area (Å²) in [6.07, 6.45) is 3.91. The molecule has 25 heavy (non-hydrogen) atoms. The first-order valence-corrected chi connectivity index (χ1v) is 8.48. The van der Waals surface area contributed by atoms with Crippen LogP contribution in [-0.4, -0.2) is 59.5 Å². The lowest BCUT2D eigenvalue weighted by Gasteiger charge is -2.44. The first-order chi connectivity index (χ1) is 12.3. The molecule has 1 amide bonds. The van der Waals surface area contributed by atoms with Gasteiger partial charge in [-0.25, -0.2) is 4.98 Å². The van der Waals surface area contributed by atoms with Gasteiger partial charge in [0.05, 0.1) is 6.54 Å². The van der Waals surface area contributed by atoms with Crippen LogP contribution in [0.5, 0.6) is 0 Å². The van der Waals surface area contributed by atoms with E-state index in [1.165, 1.54) is 0 Å². The highest BCUT2D eigenvalue weighted by Crippen LogP contribution is 2.26. The molecular formula is C19H19N5O. The summed E-state index contributed by atoms with van der Waals surface area (Å²) in [5.74, 6) is 0.712. The van der Waals surface area contributed by atoms with Gasteiger partial charge in [-0.05, 0) is 23.3 Å². The number of carbonyl (C=O) groups is 1. The van der Waals surface area contributed by atoms with E-state index in [2.05, 4.69) is 16.1 Å². The molecule has 2 aromatic rings. The van der Waals surface area contributed by atoms with E-state index in [9.17, 15) is 4.79 Å². The zero-order valence-electron chi connectivity index (χ0n) is 13.9. The van der Waals surface area contributed by atoms with E-state index >= 15 is 0 Å². The molecular weight excluding hydrogens is 314 g/mol. The van der Waals surface area contributed by atoms with Crippen LogP contribution in [0.15, 0.2) is 48.7 Å². The molecule has 2 fully saturated rings. The van der Waals surface area contributed by atoms with E-state index in [1.54, 1.807) is 16.0 Å². The summed E-state index contributed by atoms with van der Waals surface area (Å²) >= 11 is 0. The smallest absolute Gasteiger partial charge is 0.247 e. The quantitative estimate of drug-likeness (QED) is 0.781. The van der Waals surface area contributed by atoms with Crippen LogP contribution in [0.2, 0.25) is 0 Å². The van der Waals surface area contributed by atoms with Gasteiger partial charge in [-0.3, -0.25) is 14.6 Å². The second-order valence-corrected chi connectivity index (χ2v) is 6.36. The number of aromatic nitrogens is 1. The van der Waals surface area contributed by atoms with Gasteiger partial charge in [0.15, 0.2) is 6.19 Å². The zero-order chi connectivity index (χ0) is 17.2. The van der Waals surface area contributed by atoms with Gasteiger partial charge in [-0.15, -0.1) is 0 Å². The highest BCUT2D eigenvalue weighted by atomic mass is 16.2. The molecule has 1 unspecified atom stereocenters. The second kappa shape index (κ2) is 6.54. The summed E-state index contributed by atoms with van der Waals surface area (Å²) in [4.78, 5) is 23.0. The van der Waals surface area contributed by atoms with Crippen molar-refractivity contribution >= 4 is 11.7 Å². The number of hydrogen-bond donors (Lipinski definition) is 0. The van der Waals surface area contributed by atoms with Crippen molar-refractivity contribution in [3.8, 4) is 17.3 Å². The molecule has 0 aliphatic carbocycles. The van der Waals surface area contributed by atoms with Crippen LogP contribution < -0.4 is 4.90 Å². The normalized spacial score (nSPS) is 20.9. The zero-order valence-corrected chi connectivity index (χ0v) is 13.9. The standard InChI is InChI=1S/C19H19N5O/c20-14-22-8-9-23-10-11-24(19(25)17(23)13-22)18-12-16(6-7-21-18)15-4-2-1-3-5-15/h1-7,12,17H,8-11,13H2. The molecule has 2 saturated heterocycles. The van der Waals surface area contributed by atoms with Crippen molar-refractivity contribution in [2.75, 3.05) is 37.6 Å². The van der Waals surface area contributed by atoms with E-state index in [-0.39, 0.29) is 11.9 Å². The summed E-state index contributed by atoms with van der Waals surface area (Å²) in [6.45, 7) is 3.36. The number of piperazine rings is 2. The summed E-state index contributed by atoms with van der Waals surface area (Å²) in [5, 5.41) is 9.13. The van der Waals surface area contributed by atoms with Crippen LogP contribution in [0.3, 0.4) is 0 Å². The van der Waals surface area contributed by atoms with Gasteiger partial charge in [-0.1, -0.05) is 30.3 Å². The van der Waals surface area contributed by atoms with Crippen molar-refractivity contribution in [1.29, 1.82) is 5.26 Å². The SMILES string of the molecule is N#CN1CCN2CCN(c3cc(-c4ccccc4)ccn3)C(=O)C2C1. The number of rotatable bonds is 2. The molecule has 1 aromatic heterocycles. The van der Waals surface area contributed by atoms with Gasteiger partial charge in [0.1, 0.15) is 11.9 Å². The Kier molecular flexibility index (Phi) is 4.08. The van der Waals surface area contributed by atoms with Gasteiger partial charge in [0, 0.05) is 32.4 Å². The molecule has 0 saturated carbocycles. The van der Waals surface area contributed by atoms with Crippen LogP contribution >= 0.6 is 0 Å². The molecule has 0 radical (unpaired) electrons. The monoisotopic (exact) mass is 333 g/mol. The molecule has 0 spiro atoms. The summed E-state index contributed by atoms with van der Waals surface area (Å²) < 4.78 is 0. The van der Waals surface area contributed by atoms with E-state index in [1.807, 2.05) is 42.5 Å². The fraction of sp³-hybridized carbons (Fsp3) is 0.316. The molecule has 2 aliphatic heterocycles. The summed E-state index contributed by atoms with van der Waals surface area (Å²) in [7, 11) is 0. The Balaban J connectivity index is 1.60. The van der Waals surface area contributed by atoms with E-state index in [4.69, 9.17) is 5.26 Å². The van der Waals surface area contributed by atoms with Crippen LogP contribution in [0.25, 0.3) is 11.1 Å². The number of carbonyl (C=O) groups excluding carboxylic acids is 1. The Morgan fingerprint density at radius 1 is 1.04 bits per heavy atom. The van der Waals surface area contributed by atoms with Crippen molar-refractivity contribution in [2.45, 2.75) is 6.04 Å². The number of amides is 1. The van der Waals surface area contributed by atoms with E-state index in [0.29, 0.717) is 25.5 Å². The van der Waals surface area contributed by atoms with Crippen molar-refractivity contribution in [3.63, 3.8) is 0 Å². The van der Waals surface area contributed by atoms with E-state index in [0.717, 1.165) is 24.2 Å². The van der Waals surface area contributed by atoms with E-state index < -0.39 is 0 Å². The highest BCUT2D eigenvalue weighted by molar-refractivity contribution is 5.98. The van der Waals surface area contributed by atoms with Crippen LogP contribution in [0.1, 0.15) is 0 Å². The fourth-order valence-electron chi connectivity index (χ4n) is 3.54. The Bertz CT molecular complexity index is 816. The molecule has 3 heterocycles. The number of fused-ring (bicyclic) bond motifs is 1. The molecule has 0 N–H and O–H groups in total. The lowest BCUT2D eigenvalue weighted by molar-refractivity contribution is -0.127. The lowest BCUT2D eigenvalue weighted by atomic mass is 10.1. The fourth-order valence-corrected chi connectivity index (χ4v) is 3.54. The molecule has 0 bridgehead atoms. The summed E-state index contributed by atoms with van der Waals surface area (Å²) in [6, 6.07) is 13.7. The number of anilines is 1. The minimum absolute atomic E-state index is 0.0314. The molecule has 4 rings (SSSR count). The van der Waals surface area contributed by atoms with Gasteiger partial charge < -0.3 is 4.90 Å². The minimum atomic E-state index is -0.260. The predicted molar refractivity (Wildman–Crippen MR) is 94.6 cm³/mol. The van der Waals surface area contributed by atoms with Gasteiger partial charge in [0.2, 0.25) is 5.91 Å². The third-order valence-electron chi connectivity index (χ3n) is 4.92. The van der Waals surface area contributed by atoms with Crippen LogP contribution in [0.4, 0.5) is 5.82 Å². The molecule has 1 atom stereocenters. The number of pyridine rings is 1. The number of benzene rings is 1. The lowest BCUT2D eigenvalue weighted by Crippen LogP contribution is -2.64. The maximum absolute atomic E-state index is 13.0. The molecule has 2 aliphatic rings. The Morgan fingerprint density at radius 3 is 2.64 bits per heavy atom. The van der Waals surface area contributed by atoms with Crippen molar-refractivity contribution in [3.05, 3.63) is 48.7 Å². The Labute approximate surface area is 146 Å². The third kappa shape index (κ3) is 2.94. The molecule has 1 aromatic carbocycles. The van der Waals surface area contributed by atoms with Crippen molar-refractivity contribution < 1.29 is 4.79 Å². The maximum Gasteiger partial charge on any atom is 0.247 e. The minimum Gasteiger partial charge on any atom is -0.307 e. The van der Waals surface area contributed by atoms with Crippen LogP contribution in [-0.2, 0) is 4.79 Å². The highest BCUT2D eigenvalue weighted by Gasteiger charge is 2.39. The van der Waals surface area contributed by atoms with Crippen molar-refractivity contribution in [1.82, 2.24) is 14.8 Å². The molecule has 126 valence electrons.